The number of hydrogen-bond donors (Lipinski definition) is 2. The first-order chi connectivity index (χ1) is 8.42. The third-order valence-electron chi connectivity index (χ3n) is 3.74. The van der Waals surface area contributed by atoms with Gasteiger partial charge in [-0.25, -0.2) is 0 Å². The Morgan fingerprint density at radius 2 is 2.28 bits per heavy atom. The average molecular weight is 248 g/mol. The van der Waals surface area contributed by atoms with Gasteiger partial charge in [0.25, 0.3) is 5.91 Å². The fraction of sp³-hybridized carbons (Fsp3) is 0.500. The van der Waals surface area contributed by atoms with Crippen LogP contribution in [-0.2, 0) is 4.74 Å². The molecule has 1 amide bonds. The Balaban J connectivity index is 2.19. The summed E-state index contributed by atoms with van der Waals surface area (Å²) in [6, 6.07) is 5.48. The van der Waals surface area contributed by atoms with E-state index < -0.39 is 0 Å². The third kappa shape index (κ3) is 2.34. The Morgan fingerprint density at radius 3 is 2.89 bits per heavy atom. The number of nitrogen functional groups attached to an aromatic ring is 1. The van der Waals surface area contributed by atoms with Crippen LogP contribution in [-0.4, -0.2) is 24.2 Å². The van der Waals surface area contributed by atoms with Crippen molar-refractivity contribution in [1.29, 1.82) is 0 Å². The molecule has 1 saturated heterocycles. The van der Waals surface area contributed by atoms with E-state index in [1.165, 1.54) is 0 Å². The maximum atomic E-state index is 12.3. The molecule has 1 aliphatic heterocycles. The van der Waals surface area contributed by atoms with Crippen molar-refractivity contribution in [1.82, 2.24) is 5.32 Å². The predicted octanol–water partition coefficient (Wildman–Crippen LogP) is 1.87. The number of rotatable bonds is 2. The number of nitrogens with one attached hydrogen (secondary N) is 1. The van der Waals surface area contributed by atoms with Crippen LogP contribution in [0.4, 0.5) is 5.69 Å². The molecule has 1 aromatic rings. The molecule has 1 heterocycles. The van der Waals surface area contributed by atoms with Gasteiger partial charge in [0.1, 0.15) is 0 Å². The van der Waals surface area contributed by atoms with Crippen molar-refractivity contribution < 1.29 is 9.53 Å². The van der Waals surface area contributed by atoms with Gasteiger partial charge in [0.05, 0.1) is 17.2 Å². The van der Waals surface area contributed by atoms with Crippen molar-refractivity contribution in [2.45, 2.75) is 38.8 Å². The zero-order valence-corrected chi connectivity index (χ0v) is 11.1. The number of anilines is 1. The molecule has 4 heteroatoms. The van der Waals surface area contributed by atoms with Crippen LogP contribution in [0.5, 0.6) is 0 Å². The molecule has 1 fully saturated rings. The number of amides is 1. The number of hydrogen-bond acceptors (Lipinski definition) is 3. The Hall–Kier alpha value is -1.55. The van der Waals surface area contributed by atoms with Crippen molar-refractivity contribution in [2.75, 3.05) is 12.3 Å². The molecule has 2 atom stereocenters. The summed E-state index contributed by atoms with van der Waals surface area (Å²) in [5, 5.41) is 3.05. The average Bonchev–Trinajstić information content (AvgIpc) is 2.62. The molecule has 0 spiro atoms. The van der Waals surface area contributed by atoms with Crippen LogP contribution in [0, 0.1) is 6.92 Å². The molecular formula is C14H20N2O2. The van der Waals surface area contributed by atoms with Crippen LogP contribution in [0.2, 0.25) is 0 Å². The first-order valence-electron chi connectivity index (χ1n) is 6.22. The molecule has 1 aromatic carbocycles. The van der Waals surface area contributed by atoms with Crippen molar-refractivity contribution in [3.05, 3.63) is 29.3 Å². The largest absolute Gasteiger partial charge is 0.398 e. The number of carbonyl (C=O) groups excluding carboxylic acids is 1. The first kappa shape index (κ1) is 12.9. The summed E-state index contributed by atoms with van der Waals surface area (Å²) < 4.78 is 5.51. The van der Waals surface area contributed by atoms with Gasteiger partial charge in [-0.05, 0) is 39.3 Å². The summed E-state index contributed by atoms with van der Waals surface area (Å²) in [5.74, 6) is -0.129. The number of nitrogens with two attached hydrogens (primary N) is 1. The monoisotopic (exact) mass is 248 g/mol. The van der Waals surface area contributed by atoms with E-state index in [9.17, 15) is 4.79 Å². The molecular weight excluding hydrogens is 228 g/mol. The number of ether oxygens (including phenoxy) is 1. The standard InChI is InChI=1S/C14H20N2O2/c1-9-4-5-12(15)11(8-9)13(17)16-14(3)6-7-18-10(14)2/h4-5,8,10H,6-7,15H2,1-3H3,(H,16,17). The van der Waals surface area contributed by atoms with Crippen LogP contribution in [0.1, 0.15) is 36.2 Å². The number of aryl methyl sites for hydroxylation is 1. The van der Waals surface area contributed by atoms with E-state index in [1.807, 2.05) is 32.9 Å². The zero-order chi connectivity index (χ0) is 13.3. The molecule has 2 rings (SSSR count). The zero-order valence-electron chi connectivity index (χ0n) is 11.1. The van der Waals surface area contributed by atoms with E-state index >= 15 is 0 Å². The van der Waals surface area contributed by atoms with Gasteiger partial charge in [0, 0.05) is 12.3 Å². The smallest absolute Gasteiger partial charge is 0.253 e. The summed E-state index contributed by atoms with van der Waals surface area (Å²) in [5.41, 5.74) is 7.61. The quantitative estimate of drug-likeness (QED) is 0.785. The fourth-order valence-corrected chi connectivity index (χ4v) is 2.19. The van der Waals surface area contributed by atoms with Crippen molar-refractivity contribution in [3.63, 3.8) is 0 Å². The molecule has 0 bridgehead atoms. The molecule has 1 aliphatic rings. The van der Waals surface area contributed by atoms with E-state index in [0.29, 0.717) is 17.9 Å². The highest BCUT2D eigenvalue weighted by Gasteiger charge is 2.38. The van der Waals surface area contributed by atoms with Gasteiger partial charge < -0.3 is 15.8 Å². The summed E-state index contributed by atoms with van der Waals surface area (Å²) in [7, 11) is 0. The summed E-state index contributed by atoms with van der Waals surface area (Å²) >= 11 is 0. The minimum Gasteiger partial charge on any atom is -0.398 e. The van der Waals surface area contributed by atoms with E-state index in [4.69, 9.17) is 10.5 Å². The topological polar surface area (TPSA) is 64.4 Å². The highest BCUT2D eigenvalue weighted by molar-refractivity contribution is 5.99. The van der Waals surface area contributed by atoms with Crippen LogP contribution < -0.4 is 11.1 Å². The van der Waals surface area contributed by atoms with Gasteiger partial charge in [0.2, 0.25) is 0 Å². The number of benzene rings is 1. The lowest BCUT2D eigenvalue weighted by molar-refractivity contribution is 0.0728. The molecule has 3 N–H and O–H groups in total. The van der Waals surface area contributed by atoms with Crippen molar-refractivity contribution in [3.8, 4) is 0 Å². The van der Waals surface area contributed by atoms with Gasteiger partial charge in [-0.3, -0.25) is 4.79 Å². The molecule has 98 valence electrons. The summed E-state index contributed by atoms with van der Waals surface area (Å²) in [4.78, 5) is 12.3. The first-order valence-corrected chi connectivity index (χ1v) is 6.22. The van der Waals surface area contributed by atoms with Crippen LogP contribution in [0.3, 0.4) is 0 Å². The second-order valence-corrected chi connectivity index (χ2v) is 5.23. The maximum absolute atomic E-state index is 12.3. The Kier molecular flexibility index (Phi) is 3.30. The molecule has 0 aliphatic carbocycles. The molecule has 0 aromatic heterocycles. The molecule has 0 radical (unpaired) electrons. The maximum Gasteiger partial charge on any atom is 0.253 e. The van der Waals surface area contributed by atoms with E-state index in [2.05, 4.69) is 5.32 Å². The molecule has 18 heavy (non-hydrogen) atoms. The second-order valence-electron chi connectivity index (χ2n) is 5.23. The third-order valence-corrected chi connectivity index (χ3v) is 3.74. The SMILES string of the molecule is Cc1ccc(N)c(C(=O)NC2(C)CCOC2C)c1. The van der Waals surface area contributed by atoms with Gasteiger partial charge in [0.15, 0.2) is 0 Å². The van der Waals surface area contributed by atoms with Crippen LogP contribution in [0.15, 0.2) is 18.2 Å². The summed E-state index contributed by atoms with van der Waals surface area (Å²) in [6.45, 7) is 6.61. The second kappa shape index (κ2) is 4.61. The van der Waals surface area contributed by atoms with Gasteiger partial charge >= 0.3 is 0 Å². The minimum atomic E-state index is -0.312. The predicted molar refractivity (Wildman–Crippen MR) is 71.5 cm³/mol. The molecule has 0 saturated carbocycles. The van der Waals surface area contributed by atoms with Gasteiger partial charge in [-0.1, -0.05) is 11.6 Å². The Morgan fingerprint density at radius 1 is 1.56 bits per heavy atom. The Bertz CT molecular complexity index is 473. The minimum absolute atomic E-state index is 0.0208. The lowest BCUT2D eigenvalue weighted by Crippen LogP contribution is -2.50. The van der Waals surface area contributed by atoms with E-state index in [1.54, 1.807) is 6.07 Å². The lowest BCUT2D eigenvalue weighted by atomic mass is 9.94. The molecule has 4 nitrogen and oxygen atoms in total. The Labute approximate surface area is 108 Å². The van der Waals surface area contributed by atoms with E-state index in [-0.39, 0.29) is 17.6 Å². The summed E-state index contributed by atoms with van der Waals surface area (Å²) in [6.07, 6.45) is 0.846. The normalized spacial score (nSPS) is 27.2. The van der Waals surface area contributed by atoms with Crippen molar-refractivity contribution >= 4 is 11.6 Å². The molecule has 2 unspecified atom stereocenters. The fourth-order valence-electron chi connectivity index (χ4n) is 2.19. The van der Waals surface area contributed by atoms with Gasteiger partial charge in [-0.15, -0.1) is 0 Å². The number of carbonyl (C=O) groups is 1. The highest BCUT2D eigenvalue weighted by atomic mass is 16.5. The van der Waals surface area contributed by atoms with E-state index in [0.717, 1.165) is 12.0 Å². The van der Waals surface area contributed by atoms with Crippen LogP contribution in [0.25, 0.3) is 0 Å². The van der Waals surface area contributed by atoms with Crippen LogP contribution >= 0.6 is 0 Å². The highest BCUT2D eigenvalue weighted by Crippen LogP contribution is 2.26. The van der Waals surface area contributed by atoms with Crippen molar-refractivity contribution in [2.24, 2.45) is 0 Å². The van der Waals surface area contributed by atoms with Gasteiger partial charge in [-0.2, -0.15) is 0 Å². The lowest BCUT2D eigenvalue weighted by Gasteiger charge is -2.29.